The first kappa shape index (κ1) is 19.4. The van der Waals surface area contributed by atoms with Gasteiger partial charge in [0.05, 0.1) is 17.9 Å². The van der Waals surface area contributed by atoms with Crippen LogP contribution in [0.15, 0.2) is 54.7 Å². The quantitative estimate of drug-likeness (QED) is 0.638. The third kappa shape index (κ3) is 5.52. The Bertz CT molecular complexity index is 716. The summed E-state index contributed by atoms with van der Waals surface area (Å²) < 4.78 is 5.16. The highest BCUT2D eigenvalue weighted by Gasteiger charge is 2.17. The number of esters is 1. The van der Waals surface area contributed by atoms with Gasteiger partial charge in [-0.05, 0) is 23.8 Å². The van der Waals surface area contributed by atoms with Gasteiger partial charge in [0, 0.05) is 18.2 Å². The smallest absolute Gasteiger partial charge is 0.337 e. The molecule has 0 bridgehead atoms. The van der Waals surface area contributed by atoms with Crippen molar-refractivity contribution in [3.8, 4) is 0 Å². The number of halogens is 1. The number of carbonyl (C=O) groups excluding carboxylic acids is 1. The predicted octanol–water partition coefficient (Wildman–Crippen LogP) is 3.56. The molecular formula is C18H18ClNO4. The lowest BCUT2D eigenvalue weighted by Gasteiger charge is -2.12. The van der Waals surface area contributed by atoms with E-state index in [1.807, 2.05) is 30.3 Å². The van der Waals surface area contributed by atoms with Gasteiger partial charge >= 0.3 is 11.9 Å². The summed E-state index contributed by atoms with van der Waals surface area (Å²) in [6.07, 6.45) is 4.53. The van der Waals surface area contributed by atoms with Crippen molar-refractivity contribution >= 4 is 30.4 Å². The van der Waals surface area contributed by atoms with E-state index < -0.39 is 11.9 Å². The van der Waals surface area contributed by atoms with Gasteiger partial charge in [0.25, 0.3) is 0 Å². The first-order valence-electron chi connectivity index (χ1n) is 7.16. The average Bonchev–Trinajstić information content (AvgIpc) is 2.58. The van der Waals surface area contributed by atoms with Crippen molar-refractivity contribution in [1.82, 2.24) is 4.98 Å². The molecule has 1 atom stereocenters. The highest BCUT2D eigenvalue weighted by molar-refractivity contribution is 5.89. The molecule has 2 aromatic rings. The van der Waals surface area contributed by atoms with E-state index in [-0.39, 0.29) is 30.5 Å². The van der Waals surface area contributed by atoms with Crippen molar-refractivity contribution in [2.75, 3.05) is 6.61 Å². The third-order valence-electron chi connectivity index (χ3n) is 3.22. The molecule has 0 saturated heterocycles. The molecule has 126 valence electrons. The monoisotopic (exact) mass is 347 g/mol. The molecular weight excluding hydrogens is 330 g/mol. The largest absolute Gasteiger partial charge is 0.478 e. The minimum absolute atomic E-state index is 0. The highest BCUT2D eigenvalue weighted by atomic mass is 35.5. The number of aromatic carboxylic acids is 1. The molecule has 1 unspecified atom stereocenters. The Morgan fingerprint density at radius 1 is 1.21 bits per heavy atom. The van der Waals surface area contributed by atoms with E-state index in [0.717, 1.165) is 5.56 Å². The number of ether oxygens (including phenoxy) is 1. The molecule has 0 spiro atoms. The van der Waals surface area contributed by atoms with Crippen LogP contribution in [-0.4, -0.2) is 28.6 Å². The number of nitrogens with zero attached hydrogens (tertiary/aromatic N) is 1. The lowest BCUT2D eigenvalue weighted by atomic mass is 10.0. The molecule has 0 saturated carbocycles. The molecule has 1 N–H and O–H groups in total. The summed E-state index contributed by atoms with van der Waals surface area (Å²) in [6, 6.07) is 12.4. The third-order valence-corrected chi connectivity index (χ3v) is 3.22. The zero-order valence-corrected chi connectivity index (χ0v) is 13.9. The lowest BCUT2D eigenvalue weighted by molar-refractivity contribution is -0.138. The minimum atomic E-state index is -1.05. The van der Waals surface area contributed by atoms with E-state index >= 15 is 0 Å². The van der Waals surface area contributed by atoms with Gasteiger partial charge in [0.15, 0.2) is 0 Å². The fraction of sp³-hybridized carbons (Fsp3) is 0.167. The molecule has 24 heavy (non-hydrogen) atoms. The van der Waals surface area contributed by atoms with E-state index in [9.17, 15) is 9.59 Å². The van der Waals surface area contributed by atoms with Gasteiger partial charge in [-0.15, -0.1) is 12.4 Å². The topological polar surface area (TPSA) is 76.5 Å². The molecule has 0 fully saturated rings. The maximum Gasteiger partial charge on any atom is 0.337 e. The van der Waals surface area contributed by atoms with Crippen LogP contribution in [0, 0.1) is 0 Å². The Labute approximate surface area is 146 Å². The van der Waals surface area contributed by atoms with Crippen LogP contribution in [0.3, 0.4) is 0 Å². The second kappa shape index (κ2) is 9.47. The number of benzene rings is 1. The first-order valence-corrected chi connectivity index (χ1v) is 7.16. The molecule has 5 nitrogen and oxygen atoms in total. The maximum atomic E-state index is 11.7. The van der Waals surface area contributed by atoms with Crippen molar-refractivity contribution in [3.05, 3.63) is 71.6 Å². The number of carboxylic acids is 1. The molecule has 1 aromatic carbocycles. The van der Waals surface area contributed by atoms with Crippen molar-refractivity contribution in [2.24, 2.45) is 0 Å². The van der Waals surface area contributed by atoms with Crippen LogP contribution in [0.2, 0.25) is 0 Å². The molecule has 1 heterocycles. The number of hydrogen-bond acceptors (Lipinski definition) is 4. The average molecular weight is 348 g/mol. The Kier molecular flexibility index (Phi) is 7.65. The van der Waals surface area contributed by atoms with Gasteiger partial charge in [-0.2, -0.15) is 0 Å². The zero-order valence-electron chi connectivity index (χ0n) is 13.1. The second-order valence-corrected chi connectivity index (χ2v) is 5.02. The molecule has 0 amide bonds. The Morgan fingerprint density at radius 3 is 2.58 bits per heavy atom. The number of carbonyl (C=O) groups is 2. The highest BCUT2D eigenvalue weighted by Crippen LogP contribution is 2.17. The Balaban J connectivity index is 0.00000288. The number of pyridine rings is 1. The summed E-state index contributed by atoms with van der Waals surface area (Å²) in [5, 5.41) is 9.14. The SMILES string of the molecule is CC(COC(=O)C=Cc1ccccc1)c1ncccc1C(=O)O.Cl. The summed E-state index contributed by atoms with van der Waals surface area (Å²) in [5.74, 6) is -1.83. The van der Waals surface area contributed by atoms with E-state index in [1.54, 1.807) is 19.1 Å². The van der Waals surface area contributed by atoms with Crippen LogP contribution in [-0.2, 0) is 9.53 Å². The van der Waals surface area contributed by atoms with Crippen molar-refractivity contribution in [2.45, 2.75) is 12.8 Å². The van der Waals surface area contributed by atoms with Crippen molar-refractivity contribution in [1.29, 1.82) is 0 Å². The molecule has 0 radical (unpaired) electrons. The summed E-state index contributed by atoms with van der Waals surface area (Å²) in [4.78, 5) is 27.0. The van der Waals surface area contributed by atoms with Gasteiger partial charge in [-0.1, -0.05) is 37.3 Å². The molecule has 1 aromatic heterocycles. The molecule has 0 aliphatic heterocycles. The van der Waals surface area contributed by atoms with Crippen LogP contribution in [0.4, 0.5) is 0 Å². The molecule has 0 aliphatic rings. The van der Waals surface area contributed by atoms with Crippen LogP contribution in [0.5, 0.6) is 0 Å². The summed E-state index contributed by atoms with van der Waals surface area (Å²) in [6.45, 7) is 1.83. The fourth-order valence-corrected chi connectivity index (χ4v) is 2.05. The van der Waals surface area contributed by atoms with Crippen LogP contribution < -0.4 is 0 Å². The molecule has 0 aliphatic carbocycles. The van der Waals surface area contributed by atoms with E-state index in [2.05, 4.69) is 4.98 Å². The number of carboxylic acid groups (broad SMARTS) is 1. The van der Waals surface area contributed by atoms with E-state index in [4.69, 9.17) is 9.84 Å². The lowest BCUT2D eigenvalue weighted by Crippen LogP contribution is -2.14. The van der Waals surface area contributed by atoms with Crippen LogP contribution in [0.1, 0.15) is 34.5 Å². The maximum absolute atomic E-state index is 11.7. The van der Waals surface area contributed by atoms with Gasteiger partial charge in [-0.3, -0.25) is 4.98 Å². The van der Waals surface area contributed by atoms with Crippen LogP contribution >= 0.6 is 12.4 Å². The fourth-order valence-electron chi connectivity index (χ4n) is 2.05. The summed E-state index contributed by atoms with van der Waals surface area (Å²) in [7, 11) is 0. The first-order chi connectivity index (χ1) is 11.1. The second-order valence-electron chi connectivity index (χ2n) is 5.02. The Hall–Kier alpha value is -2.66. The van der Waals surface area contributed by atoms with Crippen molar-refractivity contribution < 1.29 is 19.4 Å². The van der Waals surface area contributed by atoms with E-state index in [1.165, 1.54) is 18.3 Å². The normalized spacial score (nSPS) is 11.5. The summed E-state index contributed by atoms with van der Waals surface area (Å²) >= 11 is 0. The van der Waals surface area contributed by atoms with Crippen molar-refractivity contribution in [3.63, 3.8) is 0 Å². The molecule has 2 rings (SSSR count). The Morgan fingerprint density at radius 2 is 1.92 bits per heavy atom. The van der Waals surface area contributed by atoms with Gasteiger partial charge in [0.2, 0.25) is 0 Å². The van der Waals surface area contributed by atoms with Gasteiger partial charge < -0.3 is 9.84 Å². The zero-order chi connectivity index (χ0) is 16.7. The number of hydrogen-bond donors (Lipinski definition) is 1. The number of rotatable bonds is 6. The summed E-state index contributed by atoms with van der Waals surface area (Å²) in [5.41, 5.74) is 1.42. The number of aromatic nitrogens is 1. The van der Waals surface area contributed by atoms with Gasteiger partial charge in [-0.25, -0.2) is 9.59 Å². The predicted molar refractivity (Wildman–Crippen MR) is 93.3 cm³/mol. The standard InChI is InChI=1S/C18H17NO4.ClH/c1-13(17-15(18(21)22)8-5-11-19-17)12-23-16(20)10-9-14-6-3-2-4-7-14;/h2-11,13H,12H2,1H3,(H,21,22);1H. The van der Waals surface area contributed by atoms with Crippen LogP contribution in [0.25, 0.3) is 6.08 Å². The minimum Gasteiger partial charge on any atom is -0.478 e. The van der Waals surface area contributed by atoms with E-state index in [0.29, 0.717) is 5.69 Å². The molecule has 6 heteroatoms. The van der Waals surface area contributed by atoms with Gasteiger partial charge in [0.1, 0.15) is 0 Å².